The minimum Gasteiger partial charge on any atom is -0.493 e. The Balaban J connectivity index is 0.00000480. The monoisotopic (exact) mass is 556 g/mol. The van der Waals surface area contributed by atoms with E-state index in [0.29, 0.717) is 32.0 Å². The molecule has 1 amide bonds. The predicted molar refractivity (Wildman–Crippen MR) is 125 cm³/mol. The summed E-state index contributed by atoms with van der Waals surface area (Å²) in [4.78, 5) is 17.8. The number of benzene rings is 1. The number of nitrogens with zero attached hydrogens (tertiary/aromatic N) is 2. The lowest BCUT2D eigenvalue weighted by atomic mass is 10.1. The number of carbonyl (C=O) groups is 1. The van der Waals surface area contributed by atoms with E-state index in [9.17, 15) is 13.6 Å². The van der Waals surface area contributed by atoms with Gasteiger partial charge in [0.1, 0.15) is 5.60 Å². The van der Waals surface area contributed by atoms with Crippen molar-refractivity contribution in [2.24, 2.45) is 4.99 Å². The molecule has 176 valence electrons. The standard InChI is InChI=1S/C20H30F2N4O4.HI/c1-20(2,3)30-19(27)26-11-14(12-26)25-18(23-4)24-9-8-13-6-7-15(28-5)16(10-13)29-17(21)22;/h6-7,10,14,17H,8-9,11-12H2,1-5H3,(H2,23,24,25);1H. The quantitative estimate of drug-likeness (QED) is 0.305. The van der Waals surface area contributed by atoms with Crippen LogP contribution in [0.1, 0.15) is 26.3 Å². The van der Waals surface area contributed by atoms with Gasteiger partial charge in [0.2, 0.25) is 0 Å². The van der Waals surface area contributed by atoms with Crippen molar-refractivity contribution in [1.82, 2.24) is 15.5 Å². The lowest BCUT2D eigenvalue weighted by molar-refractivity contribution is -0.0512. The molecule has 1 aliphatic heterocycles. The van der Waals surface area contributed by atoms with Gasteiger partial charge in [0.15, 0.2) is 17.5 Å². The van der Waals surface area contributed by atoms with Crippen LogP contribution in [0.2, 0.25) is 0 Å². The van der Waals surface area contributed by atoms with E-state index in [4.69, 9.17) is 9.47 Å². The van der Waals surface area contributed by atoms with Crippen molar-refractivity contribution in [2.45, 2.75) is 45.4 Å². The van der Waals surface area contributed by atoms with Crippen molar-refractivity contribution < 1.29 is 27.8 Å². The summed E-state index contributed by atoms with van der Waals surface area (Å²) < 4.78 is 40.0. The van der Waals surface area contributed by atoms with Crippen LogP contribution in [0.4, 0.5) is 13.6 Å². The Morgan fingerprint density at radius 1 is 1.29 bits per heavy atom. The number of amides is 1. The van der Waals surface area contributed by atoms with Gasteiger partial charge in [0.25, 0.3) is 0 Å². The third-order valence-electron chi connectivity index (χ3n) is 4.25. The van der Waals surface area contributed by atoms with Crippen LogP contribution in [0.15, 0.2) is 23.2 Å². The molecule has 2 N–H and O–H groups in total. The summed E-state index contributed by atoms with van der Waals surface area (Å²) in [6.45, 7) is 4.17. The number of guanidine groups is 1. The Hall–Kier alpha value is -2.05. The zero-order valence-corrected chi connectivity index (χ0v) is 20.7. The van der Waals surface area contributed by atoms with E-state index < -0.39 is 12.2 Å². The molecule has 8 nitrogen and oxygen atoms in total. The fourth-order valence-electron chi connectivity index (χ4n) is 2.82. The van der Waals surface area contributed by atoms with Gasteiger partial charge >= 0.3 is 12.7 Å². The molecule has 0 aliphatic carbocycles. The Morgan fingerprint density at radius 3 is 2.52 bits per heavy atom. The van der Waals surface area contributed by atoms with Crippen LogP contribution in [0, 0.1) is 0 Å². The molecule has 1 heterocycles. The lowest BCUT2D eigenvalue weighted by Gasteiger charge is -2.40. The summed E-state index contributed by atoms with van der Waals surface area (Å²) in [5.41, 5.74) is 0.295. The summed E-state index contributed by atoms with van der Waals surface area (Å²) in [6, 6.07) is 5.00. The Kier molecular flexibility index (Phi) is 10.5. The fraction of sp³-hybridized carbons (Fsp3) is 0.600. The predicted octanol–water partition coefficient (Wildman–Crippen LogP) is 3.24. The molecule has 0 aromatic heterocycles. The van der Waals surface area contributed by atoms with Crippen molar-refractivity contribution >= 4 is 36.0 Å². The van der Waals surface area contributed by atoms with Crippen LogP contribution in [0.25, 0.3) is 0 Å². The summed E-state index contributed by atoms with van der Waals surface area (Å²) in [5, 5.41) is 6.41. The smallest absolute Gasteiger partial charge is 0.410 e. The minimum atomic E-state index is -2.92. The first-order valence-electron chi connectivity index (χ1n) is 9.68. The SMILES string of the molecule is CN=C(NCCc1ccc(OC)c(OC(F)F)c1)NC1CN(C(=O)OC(C)(C)C)C1.I. The Bertz CT molecular complexity index is 753. The average molecular weight is 556 g/mol. The molecular weight excluding hydrogens is 525 g/mol. The number of ether oxygens (including phenoxy) is 3. The second kappa shape index (κ2) is 12.1. The van der Waals surface area contributed by atoms with Crippen molar-refractivity contribution in [3.63, 3.8) is 0 Å². The molecule has 0 radical (unpaired) electrons. The van der Waals surface area contributed by atoms with E-state index in [1.807, 2.05) is 20.8 Å². The van der Waals surface area contributed by atoms with Crippen molar-refractivity contribution in [3.05, 3.63) is 23.8 Å². The van der Waals surface area contributed by atoms with Gasteiger partial charge in [-0.3, -0.25) is 4.99 Å². The second-order valence-electron chi connectivity index (χ2n) is 7.84. The number of carbonyl (C=O) groups excluding carboxylic acids is 1. The van der Waals surface area contributed by atoms with E-state index in [0.717, 1.165) is 5.56 Å². The molecule has 1 fully saturated rings. The summed E-state index contributed by atoms with van der Waals surface area (Å²) in [7, 11) is 3.05. The summed E-state index contributed by atoms with van der Waals surface area (Å²) >= 11 is 0. The molecule has 0 atom stereocenters. The zero-order chi connectivity index (χ0) is 22.3. The molecule has 2 rings (SSSR count). The van der Waals surface area contributed by atoms with Crippen LogP contribution < -0.4 is 20.1 Å². The van der Waals surface area contributed by atoms with Crippen molar-refractivity contribution in [2.75, 3.05) is 33.8 Å². The fourth-order valence-corrected chi connectivity index (χ4v) is 2.82. The molecule has 1 saturated heterocycles. The average Bonchev–Trinajstić information content (AvgIpc) is 2.60. The minimum absolute atomic E-state index is 0. The topological polar surface area (TPSA) is 84.4 Å². The maximum absolute atomic E-state index is 12.5. The van der Waals surface area contributed by atoms with Crippen molar-refractivity contribution in [1.29, 1.82) is 0 Å². The number of hydrogen-bond donors (Lipinski definition) is 2. The lowest BCUT2D eigenvalue weighted by Crippen LogP contribution is -2.63. The zero-order valence-electron chi connectivity index (χ0n) is 18.4. The number of aliphatic imine (C=N–C) groups is 1. The van der Waals surface area contributed by atoms with E-state index in [-0.39, 0.29) is 47.6 Å². The Labute approximate surface area is 198 Å². The molecule has 0 spiro atoms. The van der Waals surface area contributed by atoms with Gasteiger partial charge in [-0.25, -0.2) is 4.79 Å². The third-order valence-corrected chi connectivity index (χ3v) is 4.25. The molecule has 1 aromatic rings. The van der Waals surface area contributed by atoms with Crippen LogP contribution in [-0.2, 0) is 11.2 Å². The van der Waals surface area contributed by atoms with Gasteiger partial charge < -0.3 is 29.7 Å². The maximum Gasteiger partial charge on any atom is 0.410 e. The largest absolute Gasteiger partial charge is 0.493 e. The number of alkyl halides is 2. The molecule has 11 heteroatoms. The molecule has 1 aromatic carbocycles. The van der Waals surface area contributed by atoms with Crippen LogP contribution in [-0.4, -0.2) is 69.0 Å². The van der Waals surface area contributed by atoms with Crippen LogP contribution in [0.3, 0.4) is 0 Å². The van der Waals surface area contributed by atoms with E-state index in [1.54, 1.807) is 24.1 Å². The number of likely N-dealkylation sites (tertiary alicyclic amines) is 1. The highest BCUT2D eigenvalue weighted by Gasteiger charge is 2.34. The van der Waals surface area contributed by atoms with Gasteiger partial charge in [-0.1, -0.05) is 6.07 Å². The van der Waals surface area contributed by atoms with E-state index >= 15 is 0 Å². The van der Waals surface area contributed by atoms with Gasteiger partial charge in [0.05, 0.1) is 13.2 Å². The highest BCUT2D eigenvalue weighted by Crippen LogP contribution is 2.29. The molecule has 0 saturated carbocycles. The summed E-state index contributed by atoms with van der Waals surface area (Å²) in [5.74, 6) is 0.856. The number of halogens is 3. The first kappa shape index (κ1) is 27.0. The van der Waals surface area contributed by atoms with Crippen LogP contribution in [0.5, 0.6) is 11.5 Å². The molecule has 0 unspecified atom stereocenters. The first-order chi connectivity index (χ1) is 14.1. The van der Waals surface area contributed by atoms with Gasteiger partial charge in [0, 0.05) is 26.7 Å². The number of methoxy groups -OCH3 is 1. The molecule has 1 aliphatic rings. The van der Waals surface area contributed by atoms with Crippen LogP contribution >= 0.6 is 24.0 Å². The van der Waals surface area contributed by atoms with Gasteiger partial charge in [-0.2, -0.15) is 8.78 Å². The van der Waals surface area contributed by atoms with E-state index in [2.05, 4.69) is 20.4 Å². The summed E-state index contributed by atoms with van der Waals surface area (Å²) in [6.07, 6.45) is 0.240. The highest BCUT2D eigenvalue weighted by molar-refractivity contribution is 14.0. The highest BCUT2D eigenvalue weighted by atomic mass is 127. The number of rotatable bonds is 7. The molecule has 31 heavy (non-hydrogen) atoms. The Morgan fingerprint density at radius 2 is 1.97 bits per heavy atom. The van der Waals surface area contributed by atoms with Gasteiger partial charge in [-0.15, -0.1) is 24.0 Å². The number of hydrogen-bond acceptors (Lipinski definition) is 5. The van der Waals surface area contributed by atoms with Crippen molar-refractivity contribution in [3.8, 4) is 11.5 Å². The van der Waals surface area contributed by atoms with Gasteiger partial charge in [-0.05, 0) is 44.9 Å². The van der Waals surface area contributed by atoms with E-state index in [1.165, 1.54) is 13.2 Å². The second-order valence-corrected chi connectivity index (χ2v) is 7.84. The molecular formula is C20H31F2IN4O4. The molecule has 0 bridgehead atoms. The maximum atomic E-state index is 12.5. The first-order valence-corrected chi connectivity index (χ1v) is 9.68. The normalized spacial score (nSPS) is 14.5. The third kappa shape index (κ3) is 8.91. The number of nitrogens with one attached hydrogen (secondary N) is 2.